The van der Waals surface area contributed by atoms with Gasteiger partial charge in [0.1, 0.15) is 0 Å². The molecule has 0 bridgehead atoms. The zero-order valence-corrected chi connectivity index (χ0v) is 6.77. The smallest absolute Gasteiger partial charge is 0.00690 e. The first kappa shape index (κ1) is 9.44. The quantitative estimate of drug-likeness (QED) is 0.580. The van der Waals surface area contributed by atoms with E-state index in [0.717, 1.165) is 19.4 Å². The fourth-order valence-electron chi connectivity index (χ4n) is 0.947. The third-order valence-corrected chi connectivity index (χ3v) is 1.82. The van der Waals surface area contributed by atoms with Gasteiger partial charge in [0.25, 0.3) is 0 Å². The maximum atomic E-state index is 5.44. The maximum absolute atomic E-state index is 5.44. The third kappa shape index (κ3) is 2.83. The molecule has 0 fully saturated rings. The highest BCUT2D eigenvalue weighted by molar-refractivity contribution is 4.95. The third-order valence-electron chi connectivity index (χ3n) is 1.82. The van der Waals surface area contributed by atoms with Crippen LogP contribution in [-0.4, -0.2) is 6.54 Å². The van der Waals surface area contributed by atoms with Gasteiger partial charge in [-0.1, -0.05) is 19.1 Å². The van der Waals surface area contributed by atoms with Crippen LogP contribution in [0.5, 0.6) is 0 Å². The van der Waals surface area contributed by atoms with E-state index in [1.165, 1.54) is 0 Å². The fraction of sp³-hybridized carbons (Fsp3) is 0.556. The minimum Gasteiger partial charge on any atom is -0.330 e. The largest absolute Gasteiger partial charge is 0.330 e. The molecule has 1 nitrogen and oxygen atoms in total. The van der Waals surface area contributed by atoms with Crippen molar-refractivity contribution in [3.63, 3.8) is 0 Å². The summed E-state index contributed by atoms with van der Waals surface area (Å²) in [5, 5.41) is 0. The van der Waals surface area contributed by atoms with Crippen molar-refractivity contribution in [2.75, 3.05) is 6.54 Å². The first-order valence-electron chi connectivity index (χ1n) is 3.63. The van der Waals surface area contributed by atoms with Crippen LogP contribution in [0.2, 0.25) is 0 Å². The van der Waals surface area contributed by atoms with Crippen molar-refractivity contribution in [3.05, 3.63) is 25.3 Å². The Morgan fingerprint density at radius 1 is 1.50 bits per heavy atom. The highest BCUT2D eigenvalue weighted by Crippen LogP contribution is 2.26. The van der Waals surface area contributed by atoms with E-state index in [2.05, 4.69) is 20.1 Å². The summed E-state index contributed by atoms with van der Waals surface area (Å²) in [6.45, 7) is 10.3. The van der Waals surface area contributed by atoms with Crippen LogP contribution in [0.25, 0.3) is 0 Å². The molecule has 0 heterocycles. The molecule has 0 aliphatic carbocycles. The van der Waals surface area contributed by atoms with Crippen LogP contribution in [0.4, 0.5) is 0 Å². The summed E-state index contributed by atoms with van der Waals surface area (Å²) >= 11 is 0. The molecular formula is C9H17N. The summed E-state index contributed by atoms with van der Waals surface area (Å²) in [4.78, 5) is 0. The van der Waals surface area contributed by atoms with Crippen LogP contribution in [0.15, 0.2) is 25.3 Å². The molecule has 1 unspecified atom stereocenters. The Labute approximate surface area is 63.6 Å². The maximum Gasteiger partial charge on any atom is -0.00690 e. The van der Waals surface area contributed by atoms with Crippen LogP contribution in [0, 0.1) is 5.41 Å². The van der Waals surface area contributed by atoms with Crippen molar-refractivity contribution in [2.24, 2.45) is 11.1 Å². The van der Waals surface area contributed by atoms with E-state index in [1.807, 2.05) is 12.2 Å². The highest BCUT2D eigenvalue weighted by Gasteiger charge is 2.16. The predicted octanol–water partition coefficient (Wildman–Crippen LogP) is 2.10. The van der Waals surface area contributed by atoms with Crippen molar-refractivity contribution >= 4 is 0 Å². The average Bonchev–Trinajstić information content (AvgIpc) is 1.89. The lowest BCUT2D eigenvalue weighted by Gasteiger charge is -2.22. The molecule has 0 rings (SSSR count). The minimum absolute atomic E-state index is 0.163. The summed E-state index contributed by atoms with van der Waals surface area (Å²) < 4.78 is 0. The Kier molecular flexibility index (Phi) is 4.05. The minimum atomic E-state index is 0.163. The second-order valence-electron chi connectivity index (χ2n) is 2.89. The van der Waals surface area contributed by atoms with E-state index >= 15 is 0 Å². The van der Waals surface area contributed by atoms with Gasteiger partial charge in [-0.05, 0) is 24.8 Å². The molecule has 2 N–H and O–H groups in total. The Hall–Kier alpha value is -0.560. The van der Waals surface area contributed by atoms with Gasteiger partial charge in [0, 0.05) is 0 Å². The zero-order chi connectivity index (χ0) is 8.04. The molecule has 0 spiro atoms. The van der Waals surface area contributed by atoms with Crippen LogP contribution in [0.1, 0.15) is 19.8 Å². The molecule has 0 aromatic heterocycles. The molecule has 1 atom stereocenters. The van der Waals surface area contributed by atoms with Crippen LogP contribution in [-0.2, 0) is 0 Å². The van der Waals surface area contributed by atoms with Gasteiger partial charge in [0.05, 0.1) is 0 Å². The first-order chi connectivity index (χ1) is 4.68. The van der Waals surface area contributed by atoms with E-state index in [-0.39, 0.29) is 5.41 Å². The SMILES string of the molecule is C=CCC(C)(C=C)CCN. The van der Waals surface area contributed by atoms with Gasteiger partial charge in [0.15, 0.2) is 0 Å². The highest BCUT2D eigenvalue weighted by atomic mass is 14.5. The monoisotopic (exact) mass is 139 g/mol. The van der Waals surface area contributed by atoms with Gasteiger partial charge >= 0.3 is 0 Å². The lowest BCUT2D eigenvalue weighted by atomic mass is 9.84. The van der Waals surface area contributed by atoms with E-state index < -0.39 is 0 Å². The Morgan fingerprint density at radius 3 is 2.40 bits per heavy atom. The molecule has 0 aliphatic rings. The number of nitrogens with two attached hydrogens (primary N) is 1. The van der Waals surface area contributed by atoms with E-state index in [0.29, 0.717) is 0 Å². The van der Waals surface area contributed by atoms with E-state index in [4.69, 9.17) is 5.73 Å². The molecule has 10 heavy (non-hydrogen) atoms. The Bertz CT molecular complexity index is 118. The standard InChI is InChI=1S/C9H17N/c1-4-6-9(3,5-2)7-8-10/h4-5H,1-2,6-8,10H2,3H3. The average molecular weight is 139 g/mol. The summed E-state index contributed by atoms with van der Waals surface area (Å²) in [6.07, 6.45) is 5.83. The molecule has 0 saturated carbocycles. The molecule has 1 heteroatoms. The van der Waals surface area contributed by atoms with Crippen molar-refractivity contribution in [1.82, 2.24) is 0 Å². The second kappa shape index (κ2) is 4.29. The summed E-state index contributed by atoms with van der Waals surface area (Å²) in [6, 6.07) is 0. The second-order valence-corrected chi connectivity index (χ2v) is 2.89. The van der Waals surface area contributed by atoms with Gasteiger partial charge in [-0.25, -0.2) is 0 Å². The van der Waals surface area contributed by atoms with Crippen LogP contribution >= 0.6 is 0 Å². The molecule has 0 radical (unpaired) electrons. The lowest BCUT2D eigenvalue weighted by molar-refractivity contribution is 0.405. The first-order valence-corrected chi connectivity index (χ1v) is 3.63. The molecular weight excluding hydrogens is 122 g/mol. The molecule has 0 aliphatic heterocycles. The topological polar surface area (TPSA) is 26.0 Å². The van der Waals surface area contributed by atoms with Crippen LogP contribution < -0.4 is 5.73 Å². The normalized spacial score (nSPS) is 15.8. The molecule has 0 saturated heterocycles. The number of hydrogen-bond acceptors (Lipinski definition) is 1. The fourth-order valence-corrected chi connectivity index (χ4v) is 0.947. The summed E-state index contributed by atoms with van der Waals surface area (Å²) in [5.41, 5.74) is 5.60. The van der Waals surface area contributed by atoms with E-state index in [9.17, 15) is 0 Å². The van der Waals surface area contributed by atoms with Crippen molar-refractivity contribution in [1.29, 1.82) is 0 Å². The zero-order valence-electron chi connectivity index (χ0n) is 6.77. The van der Waals surface area contributed by atoms with Gasteiger partial charge in [-0.3, -0.25) is 0 Å². The summed E-state index contributed by atoms with van der Waals surface area (Å²) in [5.74, 6) is 0. The van der Waals surface area contributed by atoms with Gasteiger partial charge in [-0.2, -0.15) is 0 Å². The van der Waals surface area contributed by atoms with Crippen molar-refractivity contribution < 1.29 is 0 Å². The Morgan fingerprint density at radius 2 is 2.10 bits per heavy atom. The Balaban J connectivity index is 3.92. The lowest BCUT2D eigenvalue weighted by Crippen LogP contribution is -2.17. The van der Waals surface area contributed by atoms with Gasteiger partial charge < -0.3 is 5.73 Å². The van der Waals surface area contributed by atoms with Gasteiger partial charge in [0.2, 0.25) is 0 Å². The number of rotatable bonds is 5. The number of allylic oxidation sites excluding steroid dienone is 2. The van der Waals surface area contributed by atoms with Crippen LogP contribution in [0.3, 0.4) is 0 Å². The molecule has 0 aromatic carbocycles. The van der Waals surface area contributed by atoms with Crippen molar-refractivity contribution in [3.8, 4) is 0 Å². The van der Waals surface area contributed by atoms with Crippen molar-refractivity contribution in [2.45, 2.75) is 19.8 Å². The molecule has 0 aromatic rings. The number of hydrogen-bond donors (Lipinski definition) is 1. The molecule has 0 amide bonds. The van der Waals surface area contributed by atoms with E-state index in [1.54, 1.807) is 0 Å². The summed E-state index contributed by atoms with van der Waals surface area (Å²) in [7, 11) is 0. The van der Waals surface area contributed by atoms with Gasteiger partial charge in [-0.15, -0.1) is 13.2 Å². The predicted molar refractivity (Wildman–Crippen MR) is 46.8 cm³/mol. The molecule has 58 valence electrons.